The van der Waals surface area contributed by atoms with E-state index in [1.54, 1.807) is 11.3 Å². The van der Waals surface area contributed by atoms with Crippen molar-refractivity contribution in [3.8, 4) is 0 Å². The van der Waals surface area contributed by atoms with Gasteiger partial charge < -0.3 is 10.6 Å². The molecule has 0 aliphatic heterocycles. The van der Waals surface area contributed by atoms with Gasteiger partial charge in [-0.3, -0.25) is 4.68 Å². The summed E-state index contributed by atoms with van der Waals surface area (Å²) in [5.41, 5.74) is 3.40. The van der Waals surface area contributed by atoms with Gasteiger partial charge in [0.05, 0.1) is 22.0 Å². The van der Waals surface area contributed by atoms with E-state index < -0.39 is 0 Å². The van der Waals surface area contributed by atoms with Crippen LogP contribution >= 0.6 is 11.3 Å². The van der Waals surface area contributed by atoms with Gasteiger partial charge in [-0.05, 0) is 51.3 Å². The van der Waals surface area contributed by atoms with Gasteiger partial charge in [-0.25, -0.2) is 9.78 Å². The van der Waals surface area contributed by atoms with E-state index in [2.05, 4.69) is 46.8 Å². The van der Waals surface area contributed by atoms with E-state index in [1.165, 1.54) is 5.56 Å². The Hall–Kier alpha value is -2.41. The fourth-order valence-electron chi connectivity index (χ4n) is 3.46. The maximum Gasteiger partial charge on any atom is 0.315 e. The smallest absolute Gasteiger partial charge is 0.315 e. The van der Waals surface area contributed by atoms with Gasteiger partial charge in [0, 0.05) is 24.7 Å². The Morgan fingerprint density at radius 2 is 2.11 bits per heavy atom. The summed E-state index contributed by atoms with van der Waals surface area (Å²) in [6.45, 7) is 6.23. The van der Waals surface area contributed by atoms with E-state index in [1.807, 2.05) is 29.8 Å². The van der Waals surface area contributed by atoms with Gasteiger partial charge in [-0.15, -0.1) is 11.3 Å². The molecule has 2 unspecified atom stereocenters. The van der Waals surface area contributed by atoms with Gasteiger partial charge in [-0.1, -0.05) is 12.1 Å². The fourth-order valence-corrected chi connectivity index (χ4v) is 4.43. The number of para-hydroxylation sites is 1. The van der Waals surface area contributed by atoms with Crippen LogP contribution in [0.5, 0.6) is 0 Å². The molecule has 1 aliphatic carbocycles. The van der Waals surface area contributed by atoms with Crippen LogP contribution in [0.3, 0.4) is 0 Å². The van der Waals surface area contributed by atoms with E-state index in [-0.39, 0.29) is 18.1 Å². The van der Waals surface area contributed by atoms with Gasteiger partial charge in [0.25, 0.3) is 0 Å². The molecule has 27 heavy (non-hydrogen) atoms. The molecule has 0 fully saturated rings. The highest BCUT2D eigenvalue weighted by atomic mass is 32.1. The van der Waals surface area contributed by atoms with Crippen LogP contribution in [0.4, 0.5) is 4.79 Å². The van der Waals surface area contributed by atoms with Crippen LogP contribution in [0, 0.1) is 0 Å². The number of aromatic nitrogens is 3. The van der Waals surface area contributed by atoms with Gasteiger partial charge in [0.15, 0.2) is 0 Å². The molecule has 0 spiro atoms. The lowest BCUT2D eigenvalue weighted by Crippen LogP contribution is -2.45. The SMILES string of the molecule is CC(NC(=O)NC1CCc2cn(C(C)C)nc2C1)c1nc2ccccc2s1. The highest BCUT2D eigenvalue weighted by molar-refractivity contribution is 7.18. The molecule has 2 atom stereocenters. The summed E-state index contributed by atoms with van der Waals surface area (Å²) in [7, 11) is 0. The summed E-state index contributed by atoms with van der Waals surface area (Å²) in [6.07, 6.45) is 4.84. The largest absolute Gasteiger partial charge is 0.335 e. The first-order chi connectivity index (χ1) is 13.0. The van der Waals surface area contributed by atoms with Crippen molar-refractivity contribution in [3.63, 3.8) is 0 Å². The highest BCUT2D eigenvalue weighted by Gasteiger charge is 2.24. The lowest BCUT2D eigenvalue weighted by molar-refractivity contribution is 0.232. The number of hydrogen-bond donors (Lipinski definition) is 2. The molecule has 2 heterocycles. The van der Waals surface area contributed by atoms with E-state index in [4.69, 9.17) is 0 Å². The third-order valence-electron chi connectivity index (χ3n) is 4.99. The normalized spacial score (nSPS) is 17.7. The third kappa shape index (κ3) is 3.83. The lowest BCUT2D eigenvalue weighted by atomic mass is 9.94. The van der Waals surface area contributed by atoms with Crippen molar-refractivity contribution in [1.82, 2.24) is 25.4 Å². The minimum atomic E-state index is -0.140. The fraction of sp³-hybridized carbons (Fsp3) is 0.450. The first-order valence-electron chi connectivity index (χ1n) is 9.49. The maximum absolute atomic E-state index is 12.5. The van der Waals surface area contributed by atoms with E-state index in [0.717, 1.165) is 40.2 Å². The summed E-state index contributed by atoms with van der Waals surface area (Å²) in [6, 6.07) is 8.26. The van der Waals surface area contributed by atoms with Crippen LogP contribution in [0.25, 0.3) is 10.2 Å². The van der Waals surface area contributed by atoms with E-state index in [9.17, 15) is 4.79 Å². The van der Waals surface area contributed by atoms with Crippen molar-refractivity contribution in [1.29, 1.82) is 0 Å². The second-order valence-electron chi connectivity index (χ2n) is 7.47. The molecule has 2 N–H and O–H groups in total. The summed E-state index contributed by atoms with van der Waals surface area (Å²) in [4.78, 5) is 17.1. The van der Waals surface area contributed by atoms with Crippen molar-refractivity contribution in [3.05, 3.63) is 46.7 Å². The number of amides is 2. The van der Waals surface area contributed by atoms with Gasteiger partial charge in [0.1, 0.15) is 5.01 Å². The number of rotatable bonds is 4. The first kappa shape index (κ1) is 18.0. The van der Waals surface area contributed by atoms with E-state index >= 15 is 0 Å². The summed E-state index contributed by atoms with van der Waals surface area (Å²) < 4.78 is 3.16. The Labute approximate surface area is 163 Å². The topological polar surface area (TPSA) is 71.8 Å². The molecule has 4 rings (SSSR count). The molecule has 7 heteroatoms. The lowest BCUT2D eigenvalue weighted by Gasteiger charge is -2.23. The van der Waals surface area contributed by atoms with Gasteiger partial charge >= 0.3 is 6.03 Å². The maximum atomic E-state index is 12.5. The van der Waals surface area contributed by atoms with Crippen LogP contribution in [-0.4, -0.2) is 26.8 Å². The predicted octanol–water partition coefficient (Wildman–Crippen LogP) is 3.99. The summed E-state index contributed by atoms with van der Waals surface area (Å²) >= 11 is 1.62. The number of carbonyl (C=O) groups excluding carboxylic acids is 1. The van der Waals surface area contributed by atoms with Crippen LogP contribution < -0.4 is 10.6 Å². The number of urea groups is 1. The van der Waals surface area contributed by atoms with Crippen molar-refractivity contribution >= 4 is 27.6 Å². The number of thiazole rings is 1. The number of aryl methyl sites for hydroxylation is 1. The molecule has 2 aromatic heterocycles. The molecule has 1 aromatic carbocycles. The zero-order chi connectivity index (χ0) is 19.0. The van der Waals surface area contributed by atoms with Crippen molar-refractivity contribution < 1.29 is 4.79 Å². The molecule has 2 amide bonds. The number of fused-ring (bicyclic) bond motifs is 2. The monoisotopic (exact) mass is 383 g/mol. The molecule has 1 aliphatic rings. The second kappa shape index (κ2) is 7.31. The standard InChI is InChI=1S/C20H25N5OS/c1-12(2)25-11-14-8-9-15(10-17(14)24-25)22-20(26)21-13(3)19-23-16-6-4-5-7-18(16)27-19/h4-7,11-13,15H,8-10H2,1-3H3,(H2,21,22,26). The van der Waals surface area contributed by atoms with Gasteiger partial charge in [0.2, 0.25) is 0 Å². The quantitative estimate of drug-likeness (QED) is 0.715. The number of benzene rings is 1. The van der Waals surface area contributed by atoms with Crippen LogP contribution in [0.1, 0.15) is 55.5 Å². The molecule has 0 bridgehead atoms. The minimum Gasteiger partial charge on any atom is -0.335 e. The van der Waals surface area contributed by atoms with Gasteiger partial charge in [-0.2, -0.15) is 5.10 Å². The minimum absolute atomic E-state index is 0.121. The Kier molecular flexibility index (Phi) is 4.86. The molecule has 3 aromatic rings. The van der Waals surface area contributed by atoms with Crippen molar-refractivity contribution in [2.75, 3.05) is 0 Å². The first-order valence-corrected chi connectivity index (χ1v) is 10.3. The molecule has 0 radical (unpaired) electrons. The van der Waals surface area contributed by atoms with Crippen LogP contribution in [-0.2, 0) is 12.8 Å². The van der Waals surface area contributed by atoms with Crippen molar-refractivity contribution in [2.45, 2.75) is 58.2 Å². The average Bonchev–Trinajstić information content (AvgIpc) is 3.25. The average molecular weight is 384 g/mol. The van der Waals surface area contributed by atoms with Crippen LogP contribution in [0.15, 0.2) is 30.5 Å². The summed E-state index contributed by atoms with van der Waals surface area (Å²) in [5, 5.41) is 11.7. The Balaban J connectivity index is 1.36. The number of nitrogens with zero attached hydrogens (tertiary/aromatic N) is 3. The van der Waals surface area contributed by atoms with Crippen molar-refractivity contribution in [2.24, 2.45) is 0 Å². The molecular weight excluding hydrogens is 358 g/mol. The highest BCUT2D eigenvalue weighted by Crippen LogP contribution is 2.26. The van der Waals surface area contributed by atoms with Crippen LogP contribution in [0.2, 0.25) is 0 Å². The predicted molar refractivity (Wildman–Crippen MR) is 108 cm³/mol. The number of hydrogen-bond acceptors (Lipinski definition) is 4. The Morgan fingerprint density at radius 3 is 2.89 bits per heavy atom. The molecule has 0 saturated heterocycles. The molecule has 6 nitrogen and oxygen atoms in total. The molecule has 0 saturated carbocycles. The zero-order valence-corrected chi connectivity index (χ0v) is 16.7. The van der Waals surface area contributed by atoms with E-state index in [0.29, 0.717) is 6.04 Å². The second-order valence-corrected chi connectivity index (χ2v) is 8.54. The number of nitrogens with one attached hydrogen (secondary N) is 2. The Morgan fingerprint density at radius 1 is 1.30 bits per heavy atom. The molecule has 142 valence electrons. The third-order valence-corrected chi connectivity index (χ3v) is 6.21. The Bertz CT molecular complexity index is 927. The summed E-state index contributed by atoms with van der Waals surface area (Å²) in [5.74, 6) is 0. The zero-order valence-electron chi connectivity index (χ0n) is 15.9. The molecular formula is C20H25N5OS. The number of carbonyl (C=O) groups is 1.